The lowest BCUT2D eigenvalue weighted by Gasteiger charge is -2.52. The molecule has 0 radical (unpaired) electrons. The largest absolute Gasteiger partial charge is 0.305 e. The molecule has 0 aromatic rings. The molecular formula is C13H25N. The van der Waals surface area contributed by atoms with Crippen LogP contribution in [-0.2, 0) is 0 Å². The molecule has 1 heterocycles. The molecule has 2 fully saturated rings. The molecule has 0 atom stereocenters. The third-order valence-corrected chi connectivity index (χ3v) is 4.18. The second-order valence-corrected chi connectivity index (χ2v) is 6.25. The second-order valence-electron chi connectivity index (χ2n) is 6.25. The molecule has 0 amide bonds. The minimum atomic E-state index is 0.766. The third-order valence-electron chi connectivity index (χ3n) is 4.18. The van der Waals surface area contributed by atoms with Crippen molar-refractivity contribution >= 4 is 0 Å². The van der Waals surface area contributed by atoms with Gasteiger partial charge in [0, 0.05) is 13.1 Å². The van der Waals surface area contributed by atoms with Gasteiger partial charge in [-0.1, -0.05) is 13.8 Å². The first-order valence-corrected chi connectivity index (χ1v) is 6.28. The summed E-state index contributed by atoms with van der Waals surface area (Å²) in [7, 11) is 2.26. The molecule has 82 valence electrons. The second kappa shape index (κ2) is 3.84. The van der Waals surface area contributed by atoms with Crippen molar-refractivity contribution in [1.82, 2.24) is 4.90 Å². The fourth-order valence-corrected chi connectivity index (χ4v) is 3.61. The molecular weight excluding hydrogens is 170 g/mol. The zero-order chi connectivity index (χ0) is 10.2. The first-order chi connectivity index (χ1) is 6.60. The van der Waals surface area contributed by atoms with Gasteiger partial charge in [-0.15, -0.1) is 0 Å². The Hall–Kier alpha value is -0.0400. The molecule has 1 heteroatoms. The lowest BCUT2D eigenvalue weighted by atomic mass is 9.65. The van der Waals surface area contributed by atoms with E-state index in [1.807, 2.05) is 0 Å². The van der Waals surface area contributed by atoms with Crippen molar-refractivity contribution in [2.75, 3.05) is 20.1 Å². The van der Waals surface area contributed by atoms with Gasteiger partial charge in [-0.05, 0) is 56.4 Å². The van der Waals surface area contributed by atoms with E-state index in [0.717, 1.165) is 17.3 Å². The molecule has 2 rings (SSSR count). The van der Waals surface area contributed by atoms with Crippen LogP contribution in [0.25, 0.3) is 0 Å². The number of likely N-dealkylation sites (tertiary alicyclic amines) is 1. The van der Waals surface area contributed by atoms with Crippen LogP contribution in [0.5, 0.6) is 0 Å². The van der Waals surface area contributed by atoms with Crippen molar-refractivity contribution in [3.8, 4) is 0 Å². The predicted octanol–water partition coefficient (Wildman–Crippen LogP) is 3.15. The molecule has 1 saturated heterocycles. The Morgan fingerprint density at radius 1 is 1.21 bits per heavy atom. The highest BCUT2D eigenvalue weighted by Gasteiger charge is 2.43. The van der Waals surface area contributed by atoms with Gasteiger partial charge in [-0.3, -0.25) is 0 Å². The maximum atomic E-state index is 2.47. The maximum absolute atomic E-state index is 2.47. The van der Waals surface area contributed by atoms with Crippen molar-refractivity contribution in [1.29, 1.82) is 0 Å². The molecule has 1 spiro atoms. The smallest absolute Gasteiger partial charge is 0.00474 e. The molecule has 0 aromatic heterocycles. The molecule has 0 unspecified atom stereocenters. The van der Waals surface area contributed by atoms with Crippen LogP contribution in [0, 0.1) is 17.3 Å². The van der Waals surface area contributed by atoms with E-state index in [1.165, 1.54) is 45.2 Å². The topological polar surface area (TPSA) is 3.24 Å². The number of hydrogen-bond acceptors (Lipinski definition) is 1. The monoisotopic (exact) mass is 195 g/mol. The van der Waals surface area contributed by atoms with Crippen molar-refractivity contribution in [2.45, 2.75) is 46.0 Å². The fraction of sp³-hybridized carbons (Fsp3) is 1.00. The summed E-state index contributed by atoms with van der Waals surface area (Å²) in [6, 6.07) is 0. The highest BCUT2D eigenvalue weighted by molar-refractivity contribution is 4.96. The van der Waals surface area contributed by atoms with Crippen molar-refractivity contribution in [3.05, 3.63) is 0 Å². The summed E-state index contributed by atoms with van der Waals surface area (Å²) in [6.45, 7) is 7.48. The Morgan fingerprint density at radius 3 is 2.21 bits per heavy atom. The summed E-state index contributed by atoms with van der Waals surface area (Å²) < 4.78 is 0. The van der Waals surface area contributed by atoms with Crippen LogP contribution in [-0.4, -0.2) is 25.0 Å². The molecule has 1 aliphatic heterocycles. The van der Waals surface area contributed by atoms with Gasteiger partial charge in [-0.25, -0.2) is 0 Å². The maximum Gasteiger partial charge on any atom is 0.00474 e. The van der Waals surface area contributed by atoms with E-state index >= 15 is 0 Å². The van der Waals surface area contributed by atoms with E-state index in [4.69, 9.17) is 0 Å². The summed E-state index contributed by atoms with van der Waals surface area (Å²) >= 11 is 0. The van der Waals surface area contributed by atoms with Crippen LogP contribution in [0.2, 0.25) is 0 Å². The lowest BCUT2D eigenvalue weighted by Crippen LogP contribution is -2.55. The van der Waals surface area contributed by atoms with E-state index < -0.39 is 0 Å². The molecule has 14 heavy (non-hydrogen) atoms. The van der Waals surface area contributed by atoms with E-state index in [-0.39, 0.29) is 0 Å². The van der Waals surface area contributed by atoms with E-state index in [2.05, 4.69) is 25.8 Å². The first kappa shape index (κ1) is 10.5. The Labute approximate surface area is 88.9 Å². The third kappa shape index (κ3) is 2.13. The fourth-order valence-electron chi connectivity index (χ4n) is 3.61. The van der Waals surface area contributed by atoms with Crippen LogP contribution in [0.4, 0.5) is 0 Å². The van der Waals surface area contributed by atoms with Gasteiger partial charge in [0.1, 0.15) is 0 Å². The van der Waals surface area contributed by atoms with Crippen molar-refractivity contribution in [2.24, 2.45) is 17.3 Å². The average Bonchev–Trinajstić information content (AvgIpc) is 2.05. The Kier molecular flexibility index (Phi) is 2.88. The predicted molar refractivity (Wildman–Crippen MR) is 61.3 cm³/mol. The minimum Gasteiger partial charge on any atom is -0.305 e. The molecule has 2 aliphatic rings. The van der Waals surface area contributed by atoms with Gasteiger partial charge in [0.05, 0.1) is 0 Å². The summed E-state index contributed by atoms with van der Waals surface area (Å²) in [5.74, 6) is 1.95. The van der Waals surface area contributed by atoms with Crippen molar-refractivity contribution < 1.29 is 0 Å². The molecule has 1 aliphatic carbocycles. The van der Waals surface area contributed by atoms with Gasteiger partial charge in [0.15, 0.2) is 0 Å². The van der Waals surface area contributed by atoms with Crippen LogP contribution < -0.4 is 0 Å². The minimum absolute atomic E-state index is 0.766. The first-order valence-electron chi connectivity index (χ1n) is 6.28. The standard InChI is InChI=1S/C13H25N/c1-11(2)8-12-4-6-13(7-5-12)9-14(3)10-13/h11-12H,4-10H2,1-3H3. The molecule has 1 saturated carbocycles. The molecule has 1 nitrogen and oxygen atoms in total. The zero-order valence-corrected chi connectivity index (χ0v) is 10.1. The summed E-state index contributed by atoms with van der Waals surface area (Å²) in [5, 5.41) is 0. The summed E-state index contributed by atoms with van der Waals surface area (Å²) in [5.41, 5.74) is 0.766. The Balaban J connectivity index is 1.75. The lowest BCUT2D eigenvalue weighted by molar-refractivity contribution is -0.0231. The molecule has 0 aromatic carbocycles. The quantitative estimate of drug-likeness (QED) is 0.654. The van der Waals surface area contributed by atoms with Gasteiger partial charge in [0.2, 0.25) is 0 Å². The van der Waals surface area contributed by atoms with E-state index in [9.17, 15) is 0 Å². The van der Waals surface area contributed by atoms with Crippen LogP contribution >= 0.6 is 0 Å². The highest BCUT2D eigenvalue weighted by Crippen LogP contribution is 2.46. The van der Waals surface area contributed by atoms with E-state index in [0.29, 0.717) is 0 Å². The number of nitrogens with zero attached hydrogens (tertiary/aromatic N) is 1. The number of rotatable bonds is 2. The summed E-state index contributed by atoms with van der Waals surface area (Å²) in [6.07, 6.45) is 7.49. The van der Waals surface area contributed by atoms with E-state index in [1.54, 1.807) is 0 Å². The van der Waals surface area contributed by atoms with Crippen molar-refractivity contribution in [3.63, 3.8) is 0 Å². The molecule has 0 N–H and O–H groups in total. The van der Waals surface area contributed by atoms with Gasteiger partial charge in [-0.2, -0.15) is 0 Å². The molecule has 0 bridgehead atoms. The zero-order valence-electron chi connectivity index (χ0n) is 10.1. The Morgan fingerprint density at radius 2 is 1.79 bits per heavy atom. The van der Waals surface area contributed by atoms with Gasteiger partial charge >= 0.3 is 0 Å². The highest BCUT2D eigenvalue weighted by atomic mass is 15.2. The normalized spacial score (nSPS) is 28.3. The van der Waals surface area contributed by atoms with Gasteiger partial charge < -0.3 is 4.90 Å². The van der Waals surface area contributed by atoms with Gasteiger partial charge in [0.25, 0.3) is 0 Å². The SMILES string of the molecule is CC(C)CC1CCC2(CC1)CN(C)C2. The average molecular weight is 195 g/mol. The Bertz CT molecular complexity index is 181. The van der Waals surface area contributed by atoms with Crippen LogP contribution in [0.3, 0.4) is 0 Å². The van der Waals surface area contributed by atoms with Crippen LogP contribution in [0.1, 0.15) is 46.0 Å². The van der Waals surface area contributed by atoms with Crippen LogP contribution in [0.15, 0.2) is 0 Å². The summed E-state index contributed by atoms with van der Waals surface area (Å²) in [4.78, 5) is 2.47. The number of hydrogen-bond donors (Lipinski definition) is 0.